The first kappa shape index (κ1) is 25.1. The minimum absolute atomic E-state index is 0.219. The number of hydrogen-bond acceptors (Lipinski definition) is 6. The van der Waals surface area contributed by atoms with E-state index in [9.17, 15) is 18.8 Å². The first-order valence-electron chi connectivity index (χ1n) is 11.2. The van der Waals surface area contributed by atoms with Crippen LogP contribution in [0.5, 0.6) is 11.5 Å². The minimum atomic E-state index is -0.580. The Kier molecular flexibility index (Phi) is 7.85. The molecule has 0 radical (unpaired) electrons. The summed E-state index contributed by atoms with van der Waals surface area (Å²) >= 11 is 0. The molecule has 0 heterocycles. The molecule has 0 aliphatic carbocycles. The van der Waals surface area contributed by atoms with Gasteiger partial charge in [-0.3, -0.25) is 9.59 Å². The largest absolute Gasteiger partial charge is 0.497 e. The van der Waals surface area contributed by atoms with Crippen molar-refractivity contribution in [2.24, 2.45) is 5.10 Å². The maximum absolute atomic E-state index is 13.0. The van der Waals surface area contributed by atoms with E-state index in [1.54, 1.807) is 30.3 Å². The van der Waals surface area contributed by atoms with Crippen LogP contribution in [0.1, 0.15) is 26.3 Å². The number of ether oxygens (including phenoxy) is 2. The Labute approximate surface area is 211 Å². The lowest BCUT2D eigenvalue weighted by Gasteiger charge is -2.11. The zero-order valence-electron chi connectivity index (χ0n) is 19.7. The summed E-state index contributed by atoms with van der Waals surface area (Å²) in [6.45, 7) is -0.345. The van der Waals surface area contributed by atoms with E-state index in [4.69, 9.17) is 9.47 Å². The lowest BCUT2D eigenvalue weighted by atomic mass is 10.0. The molecule has 0 bridgehead atoms. The molecule has 0 aliphatic heterocycles. The zero-order valence-corrected chi connectivity index (χ0v) is 19.7. The molecule has 8 nitrogen and oxygen atoms in total. The van der Waals surface area contributed by atoms with Gasteiger partial charge >= 0.3 is 5.97 Å². The molecule has 0 atom stereocenters. The van der Waals surface area contributed by atoms with Crippen molar-refractivity contribution in [3.8, 4) is 11.5 Å². The predicted octanol–water partition coefficient (Wildman–Crippen LogP) is 4.09. The highest BCUT2D eigenvalue weighted by Gasteiger charge is 2.14. The smallest absolute Gasteiger partial charge is 0.343 e. The lowest BCUT2D eigenvalue weighted by Crippen LogP contribution is -2.34. The van der Waals surface area contributed by atoms with Gasteiger partial charge in [0.15, 0.2) is 0 Å². The van der Waals surface area contributed by atoms with Crippen molar-refractivity contribution in [3.05, 3.63) is 107 Å². The highest BCUT2D eigenvalue weighted by molar-refractivity contribution is 6.04. The molecule has 37 heavy (non-hydrogen) atoms. The quantitative estimate of drug-likeness (QED) is 0.164. The average molecular weight is 499 g/mol. The predicted molar refractivity (Wildman–Crippen MR) is 136 cm³/mol. The molecular formula is C28H22FN3O5. The van der Waals surface area contributed by atoms with Gasteiger partial charge in [-0.15, -0.1) is 0 Å². The van der Waals surface area contributed by atoms with E-state index in [1.807, 2.05) is 30.3 Å². The molecule has 2 N–H and O–H groups in total. The average Bonchev–Trinajstić information content (AvgIpc) is 2.93. The number of halogens is 1. The number of rotatable bonds is 8. The first-order chi connectivity index (χ1) is 17.9. The third-order valence-corrected chi connectivity index (χ3v) is 5.36. The minimum Gasteiger partial charge on any atom is -0.497 e. The summed E-state index contributed by atoms with van der Waals surface area (Å²) in [7, 11) is 1.53. The molecule has 0 aliphatic rings. The molecule has 2 amide bonds. The Hall–Kier alpha value is -5.05. The van der Waals surface area contributed by atoms with E-state index >= 15 is 0 Å². The summed E-state index contributed by atoms with van der Waals surface area (Å²) in [6.07, 6.45) is 1.37. The van der Waals surface area contributed by atoms with Crippen molar-refractivity contribution >= 4 is 34.8 Å². The molecule has 0 saturated heterocycles. The van der Waals surface area contributed by atoms with Crippen LogP contribution in [0.25, 0.3) is 10.8 Å². The van der Waals surface area contributed by atoms with Crippen LogP contribution >= 0.6 is 0 Å². The molecule has 9 heteroatoms. The van der Waals surface area contributed by atoms with E-state index in [2.05, 4.69) is 15.8 Å². The van der Waals surface area contributed by atoms with Crippen LogP contribution in [0.15, 0.2) is 90.0 Å². The fourth-order valence-corrected chi connectivity index (χ4v) is 3.46. The number of nitrogens with zero attached hydrogens (tertiary/aromatic N) is 1. The summed E-state index contributed by atoms with van der Waals surface area (Å²) in [5, 5.41) is 8.05. The van der Waals surface area contributed by atoms with Gasteiger partial charge < -0.3 is 14.8 Å². The molecule has 0 spiro atoms. The van der Waals surface area contributed by atoms with E-state index < -0.39 is 23.6 Å². The van der Waals surface area contributed by atoms with Gasteiger partial charge in [-0.1, -0.05) is 30.3 Å². The van der Waals surface area contributed by atoms with Crippen molar-refractivity contribution < 1.29 is 28.2 Å². The van der Waals surface area contributed by atoms with Gasteiger partial charge in [0.05, 0.1) is 25.4 Å². The second kappa shape index (κ2) is 11.6. The molecule has 0 aromatic heterocycles. The van der Waals surface area contributed by atoms with E-state index in [-0.39, 0.29) is 17.9 Å². The molecule has 4 rings (SSSR count). The van der Waals surface area contributed by atoms with E-state index in [0.29, 0.717) is 16.9 Å². The van der Waals surface area contributed by atoms with Gasteiger partial charge in [0.25, 0.3) is 11.8 Å². The standard InChI is InChI=1S/C28H22FN3O5/c1-36-22-13-8-20(9-14-22)28(35)37-25-15-10-18-4-2-3-5-23(18)24(25)16-31-32-26(33)17-30-27(34)19-6-11-21(29)12-7-19/h2-16H,17H2,1H3,(H,30,34)(H,32,33). The van der Waals surface area contributed by atoms with Crippen molar-refractivity contribution in [3.63, 3.8) is 0 Å². The number of benzene rings is 4. The fourth-order valence-electron chi connectivity index (χ4n) is 3.46. The first-order valence-corrected chi connectivity index (χ1v) is 11.2. The van der Waals surface area contributed by atoms with Gasteiger partial charge in [0.2, 0.25) is 0 Å². The summed E-state index contributed by atoms with van der Waals surface area (Å²) in [4.78, 5) is 37.0. The molecule has 0 saturated carbocycles. The van der Waals surface area contributed by atoms with Crippen molar-refractivity contribution in [2.75, 3.05) is 13.7 Å². The Morgan fingerprint density at radius 1 is 0.892 bits per heavy atom. The fraction of sp³-hybridized carbons (Fsp3) is 0.0714. The number of hydrazone groups is 1. The molecule has 4 aromatic carbocycles. The van der Waals surface area contributed by atoms with Crippen molar-refractivity contribution in [1.29, 1.82) is 0 Å². The number of carbonyl (C=O) groups is 3. The van der Waals surface area contributed by atoms with Crippen molar-refractivity contribution in [1.82, 2.24) is 10.7 Å². The second-order valence-electron chi connectivity index (χ2n) is 7.80. The zero-order chi connectivity index (χ0) is 26.2. The van der Waals surface area contributed by atoms with Crippen LogP contribution in [0.2, 0.25) is 0 Å². The van der Waals surface area contributed by atoms with Gasteiger partial charge in [-0.2, -0.15) is 5.10 Å². The van der Waals surface area contributed by atoms with Crippen LogP contribution in [-0.4, -0.2) is 37.7 Å². The number of esters is 1. The number of carbonyl (C=O) groups excluding carboxylic acids is 3. The normalized spacial score (nSPS) is 10.8. The highest BCUT2D eigenvalue weighted by Crippen LogP contribution is 2.27. The van der Waals surface area contributed by atoms with Crippen LogP contribution in [-0.2, 0) is 4.79 Å². The molecule has 0 fully saturated rings. The number of amides is 2. The third kappa shape index (κ3) is 6.34. The Morgan fingerprint density at radius 2 is 1.59 bits per heavy atom. The Bertz CT molecular complexity index is 1470. The topological polar surface area (TPSA) is 106 Å². The summed E-state index contributed by atoms with van der Waals surface area (Å²) in [5.41, 5.74) is 3.37. The van der Waals surface area contributed by atoms with Crippen LogP contribution in [0.4, 0.5) is 4.39 Å². The molecular weight excluding hydrogens is 477 g/mol. The maximum atomic E-state index is 13.0. The van der Waals surface area contributed by atoms with E-state index in [1.165, 1.54) is 25.5 Å². The number of methoxy groups -OCH3 is 1. The van der Waals surface area contributed by atoms with Gasteiger partial charge in [-0.25, -0.2) is 14.6 Å². The molecule has 4 aromatic rings. The van der Waals surface area contributed by atoms with E-state index in [0.717, 1.165) is 22.9 Å². The Balaban J connectivity index is 1.46. The molecule has 0 unspecified atom stereocenters. The lowest BCUT2D eigenvalue weighted by molar-refractivity contribution is -0.120. The number of fused-ring (bicyclic) bond motifs is 1. The summed E-state index contributed by atoms with van der Waals surface area (Å²) in [6, 6.07) is 22.3. The SMILES string of the molecule is COc1ccc(C(=O)Oc2ccc3ccccc3c2C=NNC(=O)CNC(=O)c2ccc(F)cc2)cc1. The maximum Gasteiger partial charge on any atom is 0.343 e. The highest BCUT2D eigenvalue weighted by atomic mass is 19.1. The summed E-state index contributed by atoms with van der Waals surface area (Å²) in [5.74, 6) is -1.28. The van der Waals surface area contributed by atoms with Crippen LogP contribution in [0.3, 0.4) is 0 Å². The number of nitrogens with one attached hydrogen (secondary N) is 2. The van der Waals surface area contributed by atoms with Gasteiger partial charge in [-0.05, 0) is 65.4 Å². The van der Waals surface area contributed by atoms with Gasteiger partial charge in [0.1, 0.15) is 17.3 Å². The third-order valence-electron chi connectivity index (χ3n) is 5.36. The second-order valence-corrected chi connectivity index (χ2v) is 7.80. The van der Waals surface area contributed by atoms with Crippen molar-refractivity contribution in [2.45, 2.75) is 0 Å². The molecule has 186 valence electrons. The summed E-state index contributed by atoms with van der Waals surface area (Å²) < 4.78 is 23.8. The van der Waals surface area contributed by atoms with Crippen LogP contribution in [0, 0.1) is 5.82 Å². The number of hydrogen-bond donors (Lipinski definition) is 2. The Morgan fingerprint density at radius 3 is 2.32 bits per heavy atom. The monoisotopic (exact) mass is 499 g/mol. The van der Waals surface area contributed by atoms with Crippen LogP contribution < -0.4 is 20.2 Å². The van der Waals surface area contributed by atoms with Gasteiger partial charge in [0, 0.05) is 11.1 Å².